The van der Waals surface area contributed by atoms with Gasteiger partial charge in [0.1, 0.15) is 0 Å². The number of hydrogen-bond donors (Lipinski definition) is 1. The van der Waals surface area contributed by atoms with Gasteiger partial charge in [0.05, 0.1) is 11.4 Å². The second kappa shape index (κ2) is 7.35. The van der Waals surface area contributed by atoms with E-state index >= 15 is 0 Å². The summed E-state index contributed by atoms with van der Waals surface area (Å²) in [6.07, 6.45) is 0.934. The first-order valence-electron chi connectivity index (χ1n) is 9.06. The molecule has 0 radical (unpaired) electrons. The van der Waals surface area contributed by atoms with Gasteiger partial charge in [-0.1, -0.05) is 17.7 Å². The van der Waals surface area contributed by atoms with E-state index in [4.69, 9.17) is 11.6 Å². The lowest BCUT2D eigenvalue weighted by atomic mass is 9.83. The van der Waals surface area contributed by atoms with Gasteiger partial charge >= 0.3 is 0 Å². The average molecular weight is 422 g/mol. The molecular weight excluding hydrogens is 402 g/mol. The molecule has 2 aliphatic heterocycles. The summed E-state index contributed by atoms with van der Waals surface area (Å²) >= 11 is 5.79. The second-order valence-corrected chi connectivity index (χ2v) is 9.48. The van der Waals surface area contributed by atoms with Crippen LogP contribution in [0.25, 0.3) is 0 Å². The van der Waals surface area contributed by atoms with Gasteiger partial charge in [-0.2, -0.15) is 0 Å². The third kappa shape index (κ3) is 3.72. The fraction of sp³-hybridized carbons (Fsp3) is 0.368. The van der Waals surface area contributed by atoms with Crippen molar-refractivity contribution < 1.29 is 13.2 Å². The molecule has 0 saturated carbocycles. The first-order valence-corrected chi connectivity index (χ1v) is 10.9. The van der Waals surface area contributed by atoms with E-state index in [1.165, 1.54) is 24.3 Å². The maximum Gasteiger partial charge on any atom is 0.250 e. The SMILES string of the molecule is O=C(CNS(=O)(=O)c1ccc(Cl)cc1)N1C[C@H]2C[C@@H](C1)c1cccc(=O)n1C2. The Labute approximate surface area is 168 Å². The molecule has 28 heavy (non-hydrogen) atoms. The lowest BCUT2D eigenvalue weighted by molar-refractivity contribution is -0.132. The minimum absolute atomic E-state index is 0.0114. The minimum atomic E-state index is -3.79. The number of sulfonamides is 1. The number of hydrogen-bond acceptors (Lipinski definition) is 4. The van der Waals surface area contributed by atoms with Crippen LogP contribution in [0.2, 0.25) is 5.02 Å². The molecule has 0 spiro atoms. The van der Waals surface area contributed by atoms with Crippen molar-refractivity contribution in [2.75, 3.05) is 19.6 Å². The second-order valence-electron chi connectivity index (χ2n) is 7.28. The number of fused-ring (bicyclic) bond motifs is 4. The van der Waals surface area contributed by atoms with Crippen molar-refractivity contribution in [3.63, 3.8) is 0 Å². The maximum absolute atomic E-state index is 12.6. The number of rotatable bonds is 4. The summed E-state index contributed by atoms with van der Waals surface area (Å²) in [5, 5.41) is 0.439. The van der Waals surface area contributed by atoms with E-state index in [1.807, 2.05) is 6.07 Å². The van der Waals surface area contributed by atoms with Crippen molar-refractivity contribution >= 4 is 27.5 Å². The molecule has 4 rings (SSSR count). The van der Waals surface area contributed by atoms with E-state index in [0.717, 1.165) is 12.1 Å². The Balaban J connectivity index is 1.44. The Morgan fingerprint density at radius 2 is 1.86 bits per heavy atom. The van der Waals surface area contributed by atoms with Crippen molar-refractivity contribution in [1.82, 2.24) is 14.2 Å². The van der Waals surface area contributed by atoms with E-state index in [9.17, 15) is 18.0 Å². The van der Waals surface area contributed by atoms with Crippen LogP contribution in [0.15, 0.2) is 52.2 Å². The number of likely N-dealkylation sites (tertiary alicyclic amines) is 1. The van der Waals surface area contributed by atoms with E-state index in [2.05, 4.69) is 4.72 Å². The standard InChI is InChI=1S/C19H20ClN3O4S/c20-15-4-6-16(7-5-15)28(26,27)21-9-19(25)22-10-13-8-14(12-22)17-2-1-3-18(24)23(17)11-13/h1-7,13-14,21H,8-12H2/t13-,14+/m1/s1. The molecule has 1 aromatic heterocycles. The number of piperidine rings is 1. The Morgan fingerprint density at radius 1 is 1.11 bits per heavy atom. The smallest absolute Gasteiger partial charge is 0.250 e. The molecule has 1 N–H and O–H groups in total. The molecule has 2 bridgehead atoms. The predicted molar refractivity (Wildman–Crippen MR) is 105 cm³/mol. The Morgan fingerprint density at radius 3 is 2.61 bits per heavy atom. The molecule has 0 aliphatic carbocycles. The lowest BCUT2D eigenvalue weighted by Crippen LogP contribution is -2.51. The number of nitrogens with one attached hydrogen (secondary N) is 1. The minimum Gasteiger partial charge on any atom is -0.341 e. The fourth-order valence-corrected chi connectivity index (χ4v) is 5.17. The number of carbonyl (C=O) groups is 1. The fourth-order valence-electron chi connectivity index (χ4n) is 4.07. The third-order valence-electron chi connectivity index (χ3n) is 5.37. The molecule has 9 heteroatoms. The number of carbonyl (C=O) groups excluding carboxylic acids is 1. The molecule has 1 aromatic carbocycles. The molecule has 2 aromatic rings. The van der Waals surface area contributed by atoms with Gasteiger partial charge in [-0.3, -0.25) is 9.59 Å². The molecular formula is C19H20ClN3O4S. The number of pyridine rings is 1. The molecule has 1 amide bonds. The molecule has 2 aliphatic rings. The van der Waals surface area contributed by atoms with Crippen LogP contribution in [-0.2, 0) is 21.4 Å². The van der Waals surface area contributed by atoms with E-state index in [-0.39, 0.29) is 34.7 Å². The van der Waals surface area contributed by atoms with Crippen molar-refractivity contribution in [1.29, 1.82) is 0 Å². The maximum atomic E-state index is 12.6. The number of amides is 1. The third-order valence-corrected chi connectivity index (χ3v) is 7.04. The van der Waals surface area contributed by atoms with Crippen LogP contribution in [0.3, 0.4) is 0 Å². The Kier molecular flexibility index (Phi) is 5.03. The van der Waals surface area contributed by atoms with Crippen LogP contribution in [0, 0.1) is 5.92 Å². The number of halogens is 1. The highest BCUT2D eigenvalue weighted by atomic mass is 35.5. The van der Waals surface area contributed by atoms with Crippen molar-refractivity contribution in [2.24, 2.45) is 5.92 Å². The first kappa shape index (κ1) is 19.2. The molecule has 3 heterocycles. The average Bonchev–Trinajstić information content (AvgIpc) is 2.67. The summed E-state index contributed by atoms with van der Waals surface area (Å²) in [4.78, 5) is 26.5. The summed E-state index contributed by atoms with van der Waals surface area (Å²) in [7, 11) is -3.79. The zero-order valence-corrected chi connectivity index (χ0v) is 16.6. The van der Waals surface area contributed by atoms with Gasteiger partial charge < -0.3 is 9.47 Å². The van der Waals surface area contributed by atoms with E-state index in [0.29, 0.717) is 24.7 Å². The highest BCUT2D eigenvalue weighted by Crippen LogP contribution is 2.34. The predicted octanol–water partition coefficient (Wildman–Crippen LogP) is 1.43. The largest absolute Gasteiger partial charge is 0.341 e. The van der Waals surface area contributed by atoms with Gasteiger partial charge in [0, 0.05) is 42.3 Å². The van der Waals surface area contributed by atoms with Crippen LogP contribution in [-0.4, -0.2) is 43.4 Å². The normalized spacial score (nSPS) is 21.2. The zero-order chi connectivity index (χ0) is 19.9. The topological polar surface area (TPSA) is 88.5 Å². The number of nitrogens with zero attached hydrogens (tertiary/aromatic N) is 2. The van der Waals surface area contributed by atoms with Crippen LogP contribution in [0.5, 0.6) is 0 Å². The van der Waals surface area contributed by atoms with E-state index < -0.39 is 10.0 Å². The summed E-state index contributed by atoms with van der Waals surface area (Å²) in [5.74, 6) is 0.0281. The quantitative estimate of drug-likeness (QED) is 0.808. The number of benzene rings is 1. The van der Waals surface area contributed by atoms with Gasteiger partial charge in [0.15, 0.2) is 0 Å². The van der Waals surface area contributed by atoms with Crippen molar-refractivity contribution in [2.45, 2.75) is 23.8 Å². The van der Waals surface area contributed by atoms with Crippen LogP contribution in [0.4, 0.5) is 0 Å². The highest BCUT2D eigenvalue weighted by molar-refractivity contribution is 7.89. The van der Waals surface area contributed by atoms with E-state index in [1.54, 1.807) is 21.6 Å². The summed E-state index contributed by atoms with van der Waals surface area (Å²) < 4.78 is 28.9. The summed E-state index contributed by atoms with van der Waals surface area (Å²) in [5.41, 5.74) is 0.936. The summed E-state index contributed by atoms with van der Waals surface area (Å²) in [6.45, 7) is 1.30. The Bertz CT molecular complexity index is 1070. The molecule has 0 unspecified atom stereocenters. The van der Waals surface area contributed by atoms with Gasteiger partial charge in [0.25, 0.3) is 5.56 Å². The van der Waals surface area contributed by atoms with Crippen molar-refractivity contribution in [3.8, 4) is 0 Å². The monoisotopic (exact) mass is 421 g/mol. The lowest BCUT2D eigenvalue weighted by Gasteiger charge is -2.42. The van der Waals surface area contributed by atoms with Gasteiger partial charge in [-0.15, -0.1) is 0 Å². The van der Waals surface area contributed by atoms with Gasteiger partial charge in [-0.25, -0.2) is 13.1 Å². The molecule has 148 valence electrons. The number of aromatic nitrogens is 1. The van der Waals surface area contributed by atoms with Gasteiger partial charge in [-0.05, 0) is 42.7 Å². The first-order chi connectivity index (χ1) is 13.3. The molecule has 2 atom stereocenters. The molecule has 1 fully saturated rings. The van der Waals surface area contributed by atoms with Gasteiger partial charge in [0.2, 0.25) is 15.9 Å². The molecule has 1 saturated heterocycles. The van der Waals surface area contributed by atoms with Crippen LogP contribution >= 0.6 is 11.6 Å². The van der Waals surface area contributed by atoms with Crippen LogP contribution < -0.4 is 10.3 Å². The zero-order valence-electron chi connectivity index (χ0n) is 15.0. The summed E-state index contributed by atoms with van der Waals surface area (Å²) in [6, 6.07) is 11.0. The van der Waals surface area contributed by atoms with Crippen molar-refractivity contribution in [3.05, 3.63) is 63.5 Å². The Hall–Kier alpha value is -2.16. The highest BCUT2D eigenvalue weighted by Gasteiger charge is 2.36. The van der Waals surface area contributed by atoms with Crippen LogP contribution in [0.1, 0.15) is 18.0 Å². The molecule has 7 nitrogen and oxygen atoms in total.